The van der Waals surface area contributed by atoms with E-state index in [2.05, 4.69) is 10.00 Å². The van der Waals surface area contributed by atoms with Crippen molar-refractivity contribution in [3.8, 4) is 16.9 Å². The molecule has 166 valence electrons. The summed E-state index contributed by atoms with van der Waals surface area (Å²) in [5.41, 5.74) is 2.31. The number of nitro benzene ring substituents is 1. The Labute approximate surface area is 180 Å². The number of nitro groups is 1. The van der Waals surface area contributed by atoms with Gasteiger partial charge in [0.15, 0.2) is 5.75 Å². The molecule has 2 saturated heterocycles. The maximum Gasteiger partial charge on any atom is 0.311 e. The number of hydrogen-bond donors (Lipinski definition) is 0. The number of rotatable bonds is 5. The predicted octanol–water partition coefficient (Wildman–Crippen LogP) is 2.08. The standard InChI is InChI=1S/C21H27N5O5/c1-23-14-16(13-22-23)17-11-19(26(28)29)20(30-2)12-18(17)24-5-3-15(4-6-24)21(27)25-7-9-31-10-8-25/h11-15H,3-10H2,1-2H3. The molecule has 1 amide bonds. The van der Waals surface area contributed by atoms with Crippen LogP contribution in [0.4, 0.5) is 11.4 Å². The SMILES string of the molecule is COc1cc(N2CCC(C(=O)N3CCOCC3)CC2)c(-c2cnn(C)c2)cc1[N+](=O)[O-]. The van der Waals surface area contributed by atoms with Crippen LogP contribution in [0.25, 0.3) is 11.1 Å². The van der Waals surface area contributed by atoms with Crippen LogP contribution in [-0.4, -0.2) is 72.0 Å². The highest BCUT2D eigenvalue weighted by Gasteiger charge is 2.31. The number of piperidine rings is 1. The number of ether oxygens (including phenoxy) is 2. The molecule has 0 unspecified atom stereocenters. The number of benzene rings is 1. The smallest absolute Gasteiger partial charge is 0.311 e. The largest absolute Gasteiger partial charge is 0.490 e. The van der Waals surface area contributed by atoms with Crippen LogP contribution in [0.3, 0.4) is 0 Å². The molecule has 0 spiro atoms. The van der Waals surface area contributed by atoms with E-state index in [1.54, 1.807) is 23.0 Å². The second kappa shape index (κ2) is 8.93. The van der Waals surface area contributed by atoms with Gasteiger partial charge in [0.25, 0.3) is 0 Å². The van der Waals surface area contributed by atoms with E-state index in [1.807, 2.05) is 18.1 Å². The first-order chi connectivity index (χ1) is 15.0. The third-order valence-electron chi connectivity index (χ3n) is 6.02. The van der Waals surface area contributed by atoms with E-state index in [1.165, 1.54) is 7.11 Å². The van der Waals surface area contributed by atoms with Crippen LogP contribution >= 0.6 is 0 Å². The number of amides is 1. The second-order valence-electron chi connectivity index (χ2n) is 7.90. The summed E-state index contributed by atoms with van der Waals surface area (Å²) < 4.78 is 12.3. The molecule has 1 aromatic heterocycles. The third kappa shape index (κ3) is 4.34. The van der Waals surface area contributed by atoms with Crippen LogP contribution in [0.2, 0.25) is 0 Å². The summed E-state index contributed by atoms with van der Waals surface area (Å²) in [5.74, 6) is 0.423. The summed E-state index contributed by atoms with van der Waals surface area (Å²) in [5, 5.41) is 15.8. The average molecular weight is 429 g/mol. The minimum absolute atomic E-state index is 0.00358. The lowest BCUT2D eigenvalue weighted by Gasteiger charge is -2.37. The number of aryl methyl sites for hydroxylation is 1. The van der Waals surface area contributed by atoms with Gasteiger partial charge in [-0.05, 0) is 12.8 Å². The van der Waals surface area contributed by atoms with E-state index in [-0.39, 0.29) is 23.3 Å². The highest BCUT2D eigenvalue weighted by Crippen LogP contribution is 2.41. The summed E-state index contributed by atoms with van der Waals surface area (Å²) in [7, 11) is 3.24. The first-order valence-electron chi connectivity index (χ1n) is 10.4. The van der Waals surface area contributed by atoms with Crippen molar-refractivity contribution >= 4 is 17.3 Å². The van der Waals surface area contributed by atoms with Gasteiger partial charge in [0.05, 0.1) is 31.4 Å². The number of nitrogens with zero attached hydrogens (tertiary/aromatic N) is 5. The van der Waals surface area contributed by atoms with Crippen molar-refractivity contribution in [3.05, 3.63) is 34.6 Å². The molecule has 2 aliphatic rings. The Hall–Kier alpha value is -3.14. The summed E-state index contributed by atoms with van der Waals surface area (Å²) in [6.07, 6.45) is 5.01. The van der Waals surface area contributed by atoms with Gasteiger partial charge in [-0.25, -0.2) is 0 Å². The number of aromatic nitrogens is 2. The lowest BCUT2D eigenvalue weighted by atomic mass is 9.93. The summed E-state index contributed by atoms with van der Waals surface area (Å²) in [6.45, 7) is 3.89. The molecular weight excluding hydrogens is 402 g/mol. The van der Waals surface area contributed by atoms with Crippen molar-refractivity contribution < 1.29 is 19.2 Å². The Balaban J connectivity index is 1.59. The molecule has 10 nitrogen and oxygen atoms in total. The number of anilines is 1. The van der Waals surface area contributed by atoms with Gasteiger partial charge in [-0.3, -0.25) is 19.6 Å². The number of methoxy groups -OCH3 is 1. The number of morpholine rings is 1. The van der Waals surface area contributed by atoms with Crippen LogP contribution in [0.15, 0.2) is 24.5 Å². The molecule has 31 heavy (non-hydrogen) atoms. The molecule has 2 aromatic rings. The lowest BCUT2D eigenvalue weighted by Crippen LogP contribution is -2.46. The second-order valence-corrected chi connectivity index (χ2v) is 7.90. The minimum Gasteiger partial charge on any atom is -0.490 e. The van der Waals surface area contributed by atoms with Crippen LogP contribution in [-0.2, 0) is 16.6 Å². The Bertz CT molecular complexity index is 961. The Morgan fingerprint density at radius 2 is 1.94 bits per heavy atom. The zero-order valence-corrected chi connectivity index (χ0v) is 17.8. The van der Waals surface area contributed by atoms with E-state index in [9.17, 15) is 14.9 Å². The van der Waals surface area contributed by atoms with Gasteiger partial charge in [0.1, 0.15) is 0 Å². The van der Waals surface area contributed by atoms with Crippen LogP contribution in [0, 0.1) is 16.0 Å². The highest BCUT2D eigenvalue weighted by atomic mass is 16.6. The van der Waals surface area contributed by atoms with E-state index >= 15 is 0 Å². The molecular formula is C21H27N5O5. The zero-order chi connectivity index (χ0) is 22.0. The fourth-order valence-corrected chi connectivity index (χ4v) is 4.33. The lowest BCUT2D eigenvalue weighted by molar-refractivity contribution is -0.385. The average Bonchev–Trinajstić information content (AvgIpc) is 3.24. The Morgan fingerprint density at radius 3 is 2.52 bits per heavy atom. The van der Waals surface area contributed by atoms with Gasteiger partial charge < -0.3 is 19.3 Å². The predicted molar refractivity (Wildman–Crippen MR) is 114 cm³/mol. The molecule has 0 radical (unpaired) electrons. The monoisotopic (exact) mass is 429 g/mol. The quantitative estimate of drug-likeness (QED) is 0.529. The molecule has 0 N–H and O–H groups in total. The molecule has 0 aliphatic carbocycles. The van der Waals surface area contributed by atoms with Crippen molar-refractivity contribution in [3.63, 3.8) is 0 Å². The summed E-state index contributed by atoms with van der Waals surface area (Å²) in [6, 6.07) is 3.28. The van der Waals surface area contributed by atoms with Crippen molar-refractivity contribution in [1.29, 1.82) is 0 Å². The maximum atomic E-state index is 12.9. The Morgan fingerprint density at radius 1 is 1.23 bits per heavy atom. The zero-order valence-electron chi connectivity index (χ0n) is 17.8. The maximum absolute atomic E-state index is 12.9. The molecule has 2 aliphatic heterocycles. The topological polar surface area (TPSA) is 103 Å². The molecule has 0 atom stereocenters. The van der Waals surface area contributed by atoms with Crippen LogP contribution < -0.4 is 9.64 Å². The number of carbonyl (C=O) groups excluding carboxylic acids is 1. The molecule has 4 rings (SSSR count). The van der Waals surface area contributed by atoms with Crippen molar-refractivity contribution in [2.24, 2.45) is 13.0 Å². The normalized spacial score (nSPS) is 17.6. The van der Waals surface area contributed by atoms with Crippen molar-refractivity contribution in [2.75, 3.05) is 51.4 Å². The van der Waals surface area contributed by atoms with Crippen LogP contribution in [0.1, 0.15) is 12.8 Å². The van der Waals surface area contributed by atoms with Gasteiger partial charge in [-0.15, -0.1) is 0 Å². The van der Waals surface area contributed by atoms with Gasteiger partial charge >= 0.3 is 5.69 Å². The summed E-state index contributed by atoms with van der Waals surface area (Å²) in [4.78, 5) is 28.1. The van der Waals surface area contributed by atoms with Crippen molar-refractivity contribution in [1.82, 2.24) is 14.7 Å². The molecule has 10 heteroatoms. The fraction of sp³-hybridized carbons (Fsp3) is 0.524. The van der Waals surface area contributed by atoms with Crippen molar-refractivity contribution in [2.45, 2.75) is 12.8 Å². The molecule has 0 bridgehead atoms. The summed E-state index contributed by atoms with van der Waals surface area (Å²) >= 11 is 0. The number of carbonyl (C=O) groups is 1. The molecule has 0 saturated carbocycles. The first kappa shape index (κ1) is 21.1. The van der Waals surface area contributed by atoms with E-state index < -0.39 is 4.92 Å². The van der Waals surface area contributed by atoms with Crippen LogP contribution in [0.5, 0.6) is 5.75 Å². The number of hydrogen-bond acceptors (Lipinski definition) is 7. The van der Waals surface area contributed by atoms with E-state index in [0.29, 0.717) is 39.4 Å². The third-order valence-corrected chi connectivity index (χ3v) is 6.02. The first-order valence-corrected chi connectivity index (χ1v) is 10.4. The Kier molecular flexibility index (Phi) is 6.08. The van der Waals surface area contributed by atoms with Gasteiger partial charge in [-0.1, -0.05) is 0 Å². The molecule has 1 aromatic carbocycles. The van der Waals surface area contributed by atoms with E-state index in [4.69, 9.17) is 9.47 Å². The fourth-order valence-electron chi connectivity index (χ4n) is 4.33. The van der Waals surface area contributed by atoms with E-state index in [0.717, 1.165) is 29.7 Å². The highest BCUT2D eigenvalue weighted by molar-refractivity contribution is 5.83. The minimum atomic E-state index is -0.435. The van der Waals surface area contributed by atoms with Gasteiger partial charge in [-0.2, -0.15) is 5.10 Å². The van der Waals surface area contributed by atoms with Gasteiger partial charge in [0.2, 0.25) is 5.91 Å². The van der Waals surface area contributed by atoms with Gasteiger partial charge in [0, 0.05) is 74.3 Å². The molecule has 3 heterocycles. The molecule has 2 fully saturated rings.